The van der Waals surface area contributed by atoms with E-state index in [4.69, 9.17) is 4.74 Å². The Labute approximate surface area is 154 Å². The standard InChI is InChI=1S/C17H21IN2O4/c1-16(2,3)14-13(18)11-9-10(20(22)23)7-8-12(11)19(14)15(21)24-17(4,5)6/h7-9H,1-6H3. The van der Waals surface area contributed by atoms with Crippen molar-refractivity contribution in [3.63, 3.8) is 0 Å². The van der Waals surface area contributed by atoms with Crippen LogP contribution < -0.4 is 0 Å². The van der Waals surface area contributed by atoms with Gasteiger partial charge in [-0.25, -0.2) is 9.36 Å². The number of ether oxygens (including phenoxy) is 1. The lowest BCUT2D eigenvalue weighted by Gasteiger charge is -2.25. The lowest BCUT2D eigenvalue weighted by Crippen LogP contribution is -2.30. The number of nitro groups is 1. The largest absolute Gasteiger partial charge is 0.443 e. The molecule has 0 N–H and O–H groups in total. The molecule has 0 saturated heterocycles. The van der Waals surface area contributed by atoms with Crippen molar-refractivity contribution >= 4 is 45.3 Å². The third kappa shape index (κ3) is 3.55. The summed E-state index contributed by atoms with van der Waals surface area (Å²) in [5.41, 5.74) is 0.440. The van der Waals surface area contributed by atoms with Crippen molar-refractivity contribution < 1.29 is 14.5 Å². The molecule has 0 spiro atoms. The summed E-state index contributed by atoms with van der Waals surface area (Å²) >= 11 is 2.14. The number of benzene rings is 1. The summed E-state index contributed by atoms with van der Waals surface area (Å²) in [4.78, 5) is 23.4. The molecule has 0 aliphatic carbocycles. The lowest BCUT2D eigenvalue weighted by molar-refractivity contribution is -0.384. The molecule has 130 valence electrons. The van der Waals surface area contributed by atoms with E-state index in [0.29, 0.717) is 10.9 Å². The molecule has 0 bridgehead atoms. The normalized spacial score (nSPS) is 12.5. The Kier molecular flexibility index (Phi) is 4.69. The van der Waals surface area contributed by atoms with E-state index in [-0.39, 0.29) is 11.1 Å². The van der Waals surface area contributed by atoms with Crippen LogP contribution in [0.1, 0.15) is 47.2 Å². The van der Waals surface area contributed by atoms with E-state index in [9.17, 15) is 14.9 Å². The molecule has 24 heavy (non-hydrogen) atoms. The van der Waals surface area contributed by atoms with Gasteiger partial charge in [-0.1, -0.05) is 20.8 Å². The van der Waals surface area contributed by atoms with E-state index in [2.05, 4.69) is 22.6 Å². The zero-order chi connectivity index (χ0) is 18.4. The van der Waals surface area contributed by atoms with Crippen molar-refractivity contribution in [3.05, 3.63) is 37.6 Å². The average molecular weight is 444 g/mol. The number of nitro benzene ring substituents is 1. The maximum absolute atomic E-state index is 12.8. The fourth-order valence-electron chi connectivity index (χ4n) is 2.52. The fourth-order valence-corrected chi connectivity index (χ4v) is 4.00. The Hall–Kier alpha value is -1.64. The molecular weight excluding hydrogens is 423 g/mol. The molecule has 2 rings (SSSR count). The Morgan fingerprint density at radius 2 is 1.79 bits per heavy atom. The highest BCUT2D eigenvalue weighted by molar-refractivity contribution is 14.1. The van der Waals surface area contributed by atoms with Crippen molar-refractivity contribution in [1.82, 2.24) is 4.57 Å². The topological polar surface area (TPSA) is 74.4 Å². The van der Waals surface area contributed by atoms with E-state index in [0.717, 1.165) is 9.26 Å². The summed E-state index contributed by atoms with van der Waals surface area (Å²) in [6, 6.07) is 4.52. The number of carbonyl (C=O) groups excluding carboxylic acids is 1. The quantitative estimate of drug-likeness (QED) is 0.343. The van der Waals surface area contributed by atoms with Gasteiger partial charge in [0.2, 0.25) is 0 Å². The van der Waals surface area contributed by atoms with Gasteiger partial charge in [0.25, 0.3) is 5.69 Å². The van der Waals surface area contributed by atoms with Crippen LogP contribution in [-0.2, 0) is 10.2 Å². The lowest BCUT2D eigenvalue weighted by atomic mass is 9.92. The van der Waals surface area contributed by atoms with Crippen LogP contribution in [0.15, 0.2) is 18.2 Å². The van der Waals surface area contributed by atoms with Gasteiger partial charge in [-0.3, -0.25) is 10.1 Å². The number of nitrogens with zero attached hydrogens (tertiary/aromatic N) is 2. The number of rotatable bonds is 1. The molecule has 0 amide bonds. The summed E-state index contributed by atoms with van der Waals surface area (Å²) < 4.78 is 7.90. The van der Waals surface area contributed by atoms with Gasteiger partial charge in [0, 0.05) is 32.2 Å². The van der Waals surface area contributed by atoms with Gasteiger partial charge in [-0.05, 0) is 49.4 Å². The Balaban J connectivity index is 2.80. The first kappa shape index (κ1) is 18.7. The number of fused-ring (bicyclic) bond motifs is 1. The zero-order valence-electron chi connectivity index (χ0n) is 14.6. The number of carbonyl (C=O) groups is 1. The molecule has 0 aliphatic heterocycles. The Morgan fingerprint density at radius 1 is 1.21 bits per heavy atom. The highest BCUT2D eigenvalue weighted by Gasteiger charge is 2.31. The second-order valence-electron chi connectivity index (χ2n) is 7.69. The van der Waals surface area contributed by atoms with Gasteiger partial charge in [-0.2, -0.15) is 0 Å². The van der Waals surface area contributed by atoms with Gasteiger partial charge in [0.15, 0.2) is 0 Å². The van der Waals surface area contributed by atoms with Gasteiger partial charge in [-0.15, -0.1) is 0 Å². The number of non-ortho nitro benzene ring substituents is 1. The monoisotopic (exact) mass is 444 g/mol. The highest BCUT2D eigenvalue weighted by atomic mass is 127. The summed E-state index contributed by atoms with van der Waals surface area (Å²) in [6.45, 7) is 11.4. The summed E-state index contributed by atoms with van der Waals surface area (Å²) in [7, 11) is 0. The minimum absolute atomic E-state index is 0.00205. The molecule has 0 aliphatic rings. The molecule has 6 nitrogen and oxygen atoms in total. The average Bonchev–Trinajstić information content (AvgIpc) is 2.69. The van der Waals surface area contributed by atoms with Crippen molar-refractivity contribution in [2.45, 2.75) is 52.6 Å². The molecule has 0 radical (unpaired) electrons. The third-order valence-electron chi connectivity index (χ3n) is 3.39. The molecule has 1 aromatic carbocycles. The van der Waals surface area contributed by atoms with E-state index in [1.807, 2.05) is 41.5 Å². The van der Waals surface area contributed by atoms with Crippen molar-refractivity contribution in [2.75, 3.05) is 0 Å². The van der Waals surface area contributed by atoms with Crippen LogP contribution in [0.25, 0.3) is 10.9 Å². The molecule has 1 aromatic heterocycles. The first-order valence-corrected chi connectivity index (χ1v) is 8.63. The smallest absolute Gasteiger partial charge is 0.419 e. The second kappa shape index (κ2) is 6.02. The first-order chi connectivity index (χ1) is 10.8. The van der Waals surface area contributed by atoms with E-state index < -0.39 is 16.6 Å². The van der Waals surface area contributed by atoms with Gasteiger partial charge in [0.05, 0.1) is 10.4 Å². The van der Waals surface area contributed by atoms with Crippen LogP contribution in [-0.4, -0.2) is 21.2 Å². The molecule has 0 saturated carbocycles. The summed E-state index contributed by atoms with van der Waals surface area (Å²) in [5, 5.41) is 11.8. The van der Waals surface area contributed by atoms with Gasteiger partial charge < -0.3 is 4.74 Å². The van der Waals surface area contributed by atoms with Gasteiger partial charge in [0.1, 0.15) is 5.60 Å². The molecule has 0 atom stereocenters. The first-order valence-electron chi connectivity index (χ1n) is 7.55. The number of hydrogen-bond donors (Lipinski definition) is 0. The Morgan fingerprint density at radius 3 is 2.25 bits per heavy atom. The van der Waals surface area contributed by atoms with E-state index in [1.165, 1.54) is 16.7 Å². The molecular formula is C17H21IN2O4. The second-order valence-corrected chi connectivity index (χ2v) is 8.77. The van der Waals surface area contributed by atoms with Crippen LogP contribution in [0.3, 0.4) is 0 Å². The van der Waals surface area contributed by atoms with Crippen LogP contribution in [0.4, 0.5) is 10.5 Å². The SMILES string of the molecule is CC(C)(C)OC(=O)n1c(C(C)(C)C)c(I)c2cc([N+](=O)[O-])ccc21. The summed E-state index contributed by atoms with van der Waals surface area (Å²) in [6.07, 6.45) is -0.478. The molecule has 1 heterocycles. The van der Waals surface area contributed by atoms with Crippen LogP contribution in [0.5, 0.6) is 0 Å². The van der Waals surface area contributed by atoms with Crippen LogP contribution >= 0.6 is 22.6 Å². The number of aromatic nitrogens is 1. The predicted octanol–water partition coefficient (Wildman–Crippen LogP) is 5.23. The zero-order valence-corrected chi connectivity index (χ0v) is 16.8. The fraction of sp³-hybridized carbons (Fsp3) is 0.471. The highest BCUT2D eigenvalue weighted by Crippen LogP contribution is 2.37. The van der Waals surface area contributed by atoms with E-state index in [1.54, 1.807) is 6.07 Å². The molecule has 2 aromatic rings. The van der Waals surface area contributed by atoms with Crippen molar-refractivity contribution in [2.24, 2.45) is 0 Å². The maximum atomic E-state index is 12.8. The van der Waals surface area contributed by atoms with Crippen LogP contribution in [0, 0.1) is 13.7 Å². The molecule has 0 unspecified atom stereocenters. The van der Waals surface area contributed by atoms with Crippen molar-refractivity contribution in [1.29, 1.82) is 0 Å². The minimum atomic E-state index is -0.630. The number of hydrogen-bond acceptors (Lipinski definition) is 4. The van der Waals surface area contributed by atoms with Gasteiger partial charge >= 0.3 is 6.09 Å². The number of halogens is 1. The van der Waals surface area contributed by atoms with Crippen molar-refractivity contribution in [3.8, 4) is 0 Å². The Bertz CT molecular complexity index is 826. The van der Waals surface area contributed by atoms with E-state index >= 15 is 0 Å². The summed E-state index contributed by atoms with van der Waals surface area (Å²) in [5.74, 6) is 0. The molecule has 7 heteroatoms. The maximum Gasteiger partial charge on any atom is 0.419 e. The molecule has 0 fully saturated rings. The van der Waals surface area contributed by atoms with Crippen LogP contribution in [0.2, 0.25) is 0 Å². The third-order valence-corrected chi connectivity index (χ3v) is 4.48. The predicted molar refractivity (Wildman–Crippen MR) is 102 cm³/mol. The minimum Gasteiger partial charge on any atom is -0.443 e.